The molecule has 3 N–H and O–H groups in total. The number of amides is 1. The van der Waals surface area contributed by atoms with Gasteiger partial charge in [-0.25, -0.2) is 4.39 Å². The Kier molecular flexibility index (Phi) is 3.86. The molecule has 0 bridgehead atoms. The smallest absolute Gasteiger partial charge is 0.244 e. The second-order valence-corrected chi connectivity index (χ2v) is 6.92. The molecular formula is C21H15ClFNO3. The maximum absolute atomic E-state index is 15.2. The van der Waals surface area contributed by atoms with Crippen molar-refractivity contribution in [2.24, 2.45) is 0 Å². The lowest BCUT2D eigenvalue weighted by Gasteiger charge is -2.29. The van der Waals surface area contributed by atoms with Crippen LogP contribution in [-0.2, 0) is 10.2 Å². The van der Waals surface area contributed by atoms with Crippen LogP contribution in [0, 0.1) is 12.7 Å². The van der Waals surface area contributed by atoms with Gasteiger partial charge < -0.3 is 15.5 Å². The van der Waals surface area contributed by atoms with Gasteiger partial charge in [-0.15, -0.1) is 0 Å². The van der Waals surface area contributed by atoms with Gasteiger partial charge in [0.25, 0.3) is 0 Å². The van der Waals surface area contributed by atoms with Crippen LogP contribution in [0.4, 0.5) is 10.1 Å². The molecule has 1 amide bonds. The van der Waals surface area contributed by atoms with Crippen LogP contribution in [0.15, 0.2) is 54.6 Å². The Balaban J connectivity index is 2.13. The van der Waals surface area contributed by atoms with E-state index in [9.17, 15) is 15.0 Å². The van der Waals surface area contributed by atoms with E-state index < -0.39 is 17.1 Å². The van der Waals surface area contributed by atoms with E-state index in [0.717, 1.165) is 0 Å². The maximum Gasteiger partial charge on any atom is 0.244 e. The minimum absolute atomic E-state index is 0.0333. The average molecular weight is 384 g/mol. The predicted octanol–water partition coefficient (Wildman–Crippen LogP) is 4.49. The summed E-state index contributed by atoms with van der Waals surface area (Å²) in [6, 6.07) is 13.3. The minimum atomic E-state index is -1.48. The van der Waals surface area contributed by atoms with E-state index >= 15 is 4.39 Å². The van der Waals surface area contributed by atoms with E-state index in [-0.39, 0.29) is 22.1 Å². The first-order chi connectivity index (χ1) is 12.9. The molecule has 0 atom stereocenters. The van der Waals surface area contributed by atoms with E-state index in [1.54, 1.807) is 31.2 Å². The number of anilines is 1. The van der Waals surface area contributed by atoms with Gasteiger partial charge >= 0.3 is 0 Å². The number of nitrogens with one attached hydrogen (secondary N) is 1. The van der Waals surface area contributed by atoms with E-state index in [4.69, 9.17) is 11.6 Å². The molecule has 3 aromatic carbocycles. The van der Waals surface area contributed by atoms with E-state index in [2.05, 4.69) is 5.32 Å². The first-order valence-electron chi connectivity index (χ1n) is 8.25. The number of phenolic OH excluding ortho intramolecular Hbond substituents is 2. The van der Waals surface area contributed by atoms with Crippen molar-refractivity contribution in [2.45, 2.75) is 12.3 Å². The Morgan fingerprint density at radius 1 is 0.963 bits per heavy atom. The molecule has 0 saturated carbocycles. The largest absolute Gasteiger partial charge is 0.508 e. The third kappa shape index (κ3) is 2.39. The van der Waals surface area contributed by atoms with Crippen molar-refractivity contribution in [3.8, 4) is 11.5 Å². The summed E-state index contributed by atoms with van der Waals surface area (Å²) >= 11 is 6.11. The van der Waals surface area contributed by atoms with Gasteiger partial charge in [-0.05, 0) is 53.9 Å². The molecule has 1 heterocycles. The fourth-order valence-electron chi connectivity index (χ4n) is 3.70. The van der Waals surface area contributed by atoms with Gasteiger partial charge in [-0.3, -0.25) is 4.79 Å². The van der Waals surface area contributed by atoms with E-state index in [0.29, 0.717) is 22.4 Å². The fourth-order valence-corrected chi connectivity index (χ4v) is 3.89. The van der Waals surface area contributed by atoms with Gasteiger partial charge in [-0.2, -0.15) is 0 Å². The van der Waals surface area contributed by atoms with Crippen LogP contribution in [0.1, 0.15) is 22.3 Å². The number of phenols is 2. The number of rotatable bonds is 2. The summed E-state index contributed by atoms with van der Waals surface area (Å²) in [5, 5.41) is 22.3. The van der Waals surface area contributed by atoms with Crippen LogP contribution in [-0.4, -0.2) is 16.1 Å². The van der Waals surface area contributed by atoms with Gasteiger partial charge in [0.15, 0.2) is 0 Å². The minimum Gasteiger partial charge on any atom is -0.508 e. The highest BCUT2D eigenvalue weighted by atomic mass is 35.5. The zero-order valence-corrected chi connectivity index (χ0v) is 15.0. The molecule has 6 heteroatoms. The number of carbonyl (C=O) groups excluding carboxylic acids is 1. The van der Waals surface area contributed by atoms with Gasteiger partial charge in [0.05, 0.1) is 5.69 Å². The van der Waals surface area contributed by atoms with Crippen molar-refractivity contribution >= 4 is 23.2 Å². The number of hydrogen-bond donors (Lipinski definition) is 3. The first kappa shape index (κ1) is 17.4. The molecule has 3 aromatic rings. The van der Waals surface area contributed by atoms with Crippen molar-refractivity contribution < 1.29 is 19.4 Å². The lowest BCUT2D eigenvalue weighted by atomic mass is 9.70. The summed E-state index contributed by atoms with van der Waals surface area (Å²) < 4.78 is 15.2. The zero-order valence-electron chi connectivity index (χ0n) is 14.3. The maximum atomic E-state index is 15.2. The molecule has 0 spiro atoms. The SMILES string of the molecule is Cc1c(Cl)cc(F)c2c1NC(=O)C2(c1ccc(O)cc1)c1ccc(O)cc1. The monoisotopic (exact) mass is 383 g/mol. The number of halogens is 2. The molecule has 4 rings (SSSR count). The first-order valence-corrected chi connectivity index (χ1v) is 8.63. The van der Waals surface area contributed by atoms with Crippen LogP contribution in [0.25, 0.3) is 0 Å². The highest BCUT2D eigenvalue weighted by molar-refractivity contribution is 6.32. The number of carbonyl (C=O) groups is 1. The highest BCUT2D eigenvalue weighted by Gasteiger charge is 2.52. The number of benzene rings is 3. The van der Waals surface area contributed by atoms with Crippen molar-refractivity contribution in [2.75, 3.05) is 5.32 Å². The lowest BCUT2D eigenvalue weighted by molar-refractivity contribution is -0.118. The van der Waals surface area contributed by atoms with Crippen LogP contribution in [0.5, 0.6) is 11.5 Å². The number of hydrogen-bond acceptors (Lipinski definition) is 3. The summed E-state index contributed by atoms with van der Waals surface area (Å²) in [7, 11) is 0. The zero-order chi connectivity index (χ0) is 19.3. The second-order valence-electron chi connectivity index (χ2n) is 6.51. The van der Waals surface area contributed by atoms with Crippen LogP contribution >= 0.6 is 11.6 Å². The van der Waals surface area contributed by atoms with Gasteiger partial charge in [-0.1, -0.05) is 35.9 Å². The normalized spacial score (nSPS) is 14.7. The second kappa shape index (κ2) is 5.99. The molecule has 1 aliphatic rings. The molecule has 0 aliphatic carbocycles. The standard InChI is InChI=1S/C21H15ClFNO3/c1-11-16(22)10-17(23)18-19(11)24-20(27)21(18,12-2-6-14(25)7-3-12)13-4-8-15(26)9-5-13/h2-10,25-26H,1H3,(H,24,27). The quantitative estimate of drug-likeness (QED) is 0.611. The summed E-state index contributed by atoms with van der Waals surface area (Å²) in [6.45, 7) is 1.71. The van der Waals surface area contributed by atoms with E-state index in [1.807, 2.05) is 0 Å². The van der Waals surface area contributed by atoms with Crippen LogP contribution in [0.2, 0.25) is 5.02 Å². The molecule has 4 nitrogen and oxygen atoms in total. The van der Waals surface area contributed by atoms with E-state index in [1.165, 1.54) is 30.3 Å². The van der Waals surface area contributed by atoms with Gasteiger partial charge in [0.2, 0.25) is 5.91 Å². The topological polar surface area (TPSA) is 69.6 Å². The average Bonchev–Trinajstić information content (AvgIpc) is 2.95. The van der Waals surface area contributed by atoms with Gasteiger partial charge in [0.1, 0.15) is 22.7 Å². The lowest BCUT2D eigenvalue weighted by Crippen LogP contribution is -2.37. The Labute approximate surface area is 159 Å². The fraction of sp³-hybridized carbons (Fsp3) is 0.0952. The summed E-state index contributed by atoms with van der Waals surface area (Å²) in [5.74, 6) is -0.977. The molecule has 0 saturated heterocycles. The predicted molar refractivity (Wildman–Crippen MR) is 101 cm³/mol. The number of aromatic hydroxyl groups is 2. The third-order valence-corrected chi connectivity index (χ3v) is 5.42. The molecule has 0 aromatic heterocycles. The molecule has 1 aliphatic heterocycles. The molecule has 0 unspecified atom stereocenters. The van der Waals surface area contributed by atoms with Crippen molar-refractivity contribution in [1.82, 2.24) is 0 Å². The molecule has 0 radical (unpaired) electrons. The van der Waals surface area contributed by atoms with Gasteiger partial charge in [0, 0.05) is 10.6 Å². The molecule has 0 fully saturated rings. The van der Waals surface area contributed by atoms with Crippen LogP contribution in [0.3, 0.4) is 0 Å². The van der Waals surface area contributed by atoms with Crippen molar-refractivity contribution in [1.29, 1.82) is 0 Å². The molecular weight excluding hydrogens is 369 g/mol. The Morgan fingerprint density at radius 2 is 1.44 bits per heavy atom. The Bertz CT molecular complexity index is 1020. The Morgan fingerprint density at radius 3 is 1.93 bits per heavy atom. The molecule has 27 heavy (non-hydrogen) atoms. The van der Waals surface area contributed by atoms with Crippen molar-refractivity contribution in [3.63, 3.8) is 0 Å². The highest BCUT2D eigenvalue weighted by Crippen LogP contribution is 2.51. The number of fused-ring (bicyclic) bond motifs is 1. The summed E-state index contributed by atoms with van der Waals surface area (Å²) in [5.41, 5.74) is 0.583. The summed E-state index contributed by atoms with van der Waals surface area (Å²) in [6.07, 6.45) is 0. The third-order valence-electron chi connectivity index (χ3n) is 5.03. The van der Waals surface area contributed by atoms with Crippen LogP contribution < -0.4 is 5.32 Å². The van der Waals surface area contributed by atoms with Crippen molar-refractivity contribution in [3.05, 3.63) is 87.7 Å². The summed E-state index contributed by atoms with van der Waals surface area (Å²) in [4.78, 5) is 13.3. The molecule has 136 valence electrons. The Hall–Kier alpha value is -3.05.